The number of rotatable bonds is 10. The molecule has 0 saturated heterocycles. The normalized spacial score (nSPS) is 12.8. The number of carbonyl (C=O) groups is 3. The molecule has 2 aromatic carbocycles. The Morgan fingerprint density at radius 3 is 2.31 bits per heavy atom. The maximum absolute atomic E-state index is 13.1. The molecule has 36 heavy (non-hydrogen) atoms. The zero-order valence-corrected chi connectivity index (χ0v) is 20.8. The number of nitrogens with zero attached hydrogens (tertiary/aromatic N) is 1. The average Bonchev–Trinajstić information content (AvgIpc) is 2.86. The van der Waals surface area contributed by atoms with Crippen LogP contribution >= 0.6 is 11.8 Å². The van der Waals surface area contributed by atoms with Crippen molar-refractivity contribution in [3.63, 3.8) is 0 Å². The Kier molecular flexibility index (Phi) is 8.67. The van der Waals surface area contributed by atoms with Gasteiger partial charge in [0, 0.05) is 18.2 Å². The van der Waals surface area contributed by atoms with Gasteiger partial charge in [0.15, 0.2) is 5.69 Å². The Morgan fingerprint density at radius 1 is 1.00 bits per heavy atom. The number of amides is 2. The molecule has 12 heteroatoms. The molecule has 0 fully saturated rings. The number of thioether (sulfide) groups is 1. The Labute approximate surface area is 212 Å². The van der Waals surface area contributed by atoms with Crippen LogP contribution in [0.5, 0.6) is 0 Å². The van der Waals surface area contributed by atoms with E-state index in [1.807, 2.05) is 35.1 Å². The van der Waals surface area contributed by atoms with Crippen LogP contribution in [0.2, 0.25) is 0 Å². The number of carboxylic acid groups (broad SMARTS) is 1. The van der Waals surface area contributed by atoms with Crippen LogP contribution in [0.25, 0.3) is 11.1 Å². The van der Waals surface area contributed by atoms with E-state index in [1.165, 1.54) is 24.6 Å². The van der Waals surface area contributed by atoms with E-state index in [9.17, 15) is 27.9 Å². The van der Waals surface area contributed by atoms with E-state index >= 15 is 0 Å². The highest BCUT2D eigenvalue weighted by Gasteiger charge is 2.34. The summed E-state index contributed by atoms with van der Waals surface area (Å²) in [5.74, 6) is -3.14. The third-order valence-corrected chi connectivity index (χ3v) is 8.60. The number of aromatic nitrogens is 1. The first-order chi connectivity index (χ1) is 17.1. The van der Waals surface area contributed by atoms with Crippen LogP contribution in [0.3, 0.4) is 0 Å². The first-order valence-corrected chi connectivity index (χ1v) is 13.4. The third-order valence-electron chi connectivity index (χ3n) is 5.19. The molecule has 0 spiro atoms. The lowest BCUT2D eigenvalue weighted by Gasteiger charge is -2.21. The van der Waals surface area contributed by atoms with Crippen molar-refractivity contribution in [1.82, 2.24) is 15.0 Å². The molecule has 0 aliphatic rings. The number of hydrogen-bond acceptors (Lipinski definition) is 8. The molecular weight excluding hydrogens is 504 g/mol. The van der Waals surface area contributed by atoms with Crippen molar-refractivity contribution in [3.8, 4) is 11.1 Å². The van der Waals surface area contributed by atoms with Gasteiger partial charge in [0.25, 0.3) is 11.8 Å². The quantitative estimate of drug-likeness (QED) is 0.309. The van der Waals surface area contributed by atoms with Gasteiger partial charge in [-0.15, -0.1) is 11.8 Å². The van der Waals surface area contributed by atoms with Crippen molar-refractivity contribution in [3.05, 3.63) is 84.2 Å². The Morgan fingerprint density at radius 2 is 1.67 bits per heavy atom. The largest absolute Gasteiger partial charge is 0.480 e. The second-order valence-electron chi connectivity index (χ2n) is 7.59. The Balaban J connectivity index is 1.79. The second kappa shape index (κ2) is 11.7. The van der Waals surface area contributed by atoms with Gasteiger partial charge >= 0.3 is 5.97 Å². The summed E-state index contributed by atoms with van der Waals surface area (Å²) in [5.41, 5.74) is 6.98. The molecule has 1 aromatic heterocycles. The van der Waals surface area contributed by atoms with E-state index in [2.05, 4.69) is 10.3 Å². The number of sulfonamides is 1. The molecule has 3 rings (SSSR count). The van der Waals surface area contributed by atoms with Crippen molar-refractivity contribution < 1.29 is 27.9 Å². The molecule has 5 N–H and O–H groups in total. The van der Waals surface area contributed by atoms with Crippen molar-refractivity contribution >= 4 is 45.3 Å². The molecule has 188 valence electrons. The van der Waals surface area contributed by atoms with Gasteiger partial charge in [-0.2, -0.15) is 0 Å². The summed E-state index contributed by atoms with van der Waals surface area (Å²) in [5, 5.41) is 12.1. The fraction of sp³-hybridized carbons (Fsp3) is 0.167. The number of carboxylic acids is 1. The molecule has 0 bridgehead atoms. The summed E-state index contributed by atoms with van der Waals surface area (Å²) >= 11 is 0.818. The van der Waals surface area contributed by atoms with Crippen LogP contribution in [0.1, 0.15) is 27.3 Å². The van der Waals surface area contributed by atoms with E-state index in [0.717, 1.165) is 17.3 Å². The molecule has 3 aromatic rings. The van der Waals surface area contributed by atoms with Gasteiger partial charge in [0.05, 0.1) is 5.69 Å². The molecule has 0 aliphatic heterocycles. The monoisotopic (exact) mass is 528 g/mol. The first-order valence-electron chi connectivity index (χ1n) is 10.6. The molecule has 0 radical (unpaired) electrons. The van der Waals surface area contributed by atoms with Crippen LogP contribution in [-0.4, -0.2) is 53.2 Å². The number of anilines is 1. The Bertz CT molecular complexity index is 1370. The number of pyridine rings is 1. The van der Waals surface area contributed by atoms with E-state index in [-0.39, 0.29) is 16.9 Å². The number of nitrogens with two attached hydrogens (primary N) is 1. The topological polar surface area (TPSA) is 169 Å². The lowest BCUT2D eigenvalue weighted by atomic mass is 9.99. The third kappa shape index (κ3) is 6.40. The number of nitrogen functional groups attached to an aromatic ring is 1. The summed E-state index contributed by atoms with van der Waals surface area (Å²) in [6.45, 7) is 0. The zero-order valence-electron chi connectivity index (χ0n) is 19.1. The van der Waals surface area contributed by atoms with Crippen LogP contribution in [0, 0.1) is 0 Å². The highest BCUT2D eigenvalue weighted by atomic mass is 32.3. The van der Waals surface area contributed by atoms with Crippen LogP contribution in [0.15, 0.2) is 72.9 Å². The predicted molar refractivity (Wildman–Crippen MR) is 138 cm³/mol. The summed E-state index contributed by atoms with van der Waals surface area (Å²) in [7, 11) is -4.36. The highest BCUT2D eigenvalue weighted by Crippen LogP contribution is 2.24. The minimum absolute atomic E-state index is 0.0151. The van der Waals surface area contributed by atoms with Gasteiger partial charge in [0.2, 0.25) is 10.0 Å². The second-order valence-corrected chi connectivity index (χ2v) is 10.8. The van der Waals surface area contributed by atoms with Crippen LogP contribution in [-0.2, 0) is 14.8 Å². The standard InChI is InChI=1S/C24H24N4O6S2/c1-35-20(36(33,34)28-23(30)21-18(25)12-7-13-26-21)14-19(24(31)32)27-22(29)17-11-6-5-10-16(17)15-8-3-2-4-9-15/h2-13,19-20H,14,25H2,1H3,(H,27,29)(H,28,30)(H,31,32). The van der Waals surface area contributed by atoms with Crippen molar-refractivity contribution in [1.29, 1.82) is 0 Å². The van der Waals surface area contributed by atoms with E-state index in [1.54, 1.807) is 24.3 Å². The predicted octanol–water partition coefficient (Wildman–Crippen LogP) is 2.35. The SMILES string of the molecule is CSC(CC(NC(=O)c1ccccc1-c1ccccc1)C(=O)O)S(=O)(=O)NC(=O)c1ncccc1N. The lowest BCUT2D eigenvalue weighted by Crippen LogP contribution is -2.46. The van der Waals surface area contributed by atoms with Gasteiger partial charge in [-0.3, -0.25) is 9.59 Å². The van der Waals surface area contributed by atoms with Gasteiger partial charge in [-0.1, -0.05) is 48.5 Å². The maximum Gasteiger partial charge on any atom is 0.326 e. The average molecular weight is 529 g/mol. The van der Waals surface area contributed by atoms with Crippen LogP contribution in [0.4, 0.5) is 5.69 Å². The molecule has 2 atom stereocenters. The van der Waals surface area contributed by atoms with Crippen LogP contribution < -0.4 is 15.8 Å². The number of benzene rings is 2. The summed E-state index contributed by atoms with van der Waals surface area (Å²) < 4.78 is 26.3. The maximum atomic E-state index is 13.1. The molecule has 0 aliphatic carbocycles. The lowest BCUT2D eigenvalue weighted by molar-refractivity contribution is -0.139. The molecule has 10 nitrogen and oxygen atoms in total. The summed E-state index contributed by atoms with van der Waals surface area (Å²) in [6, 6.07) is 17.1. The minimum Gasteiger partial charge on any atom is -0.480 e. The van der Waals surface area contributed by atoms with E-state index in [4.69, 9.17) is 5.73 Å². The molecular formula is C24H24N4O6S2. The molecule has 1 heterocycles. The summed E-state index contributed by atoms with van der Waals surface area (Å²) in [4.78, 5) is 41.2. The Hall–Kier alpha value is -3.90. The van der Waals surface area contributed by atoms with Crippen molar-refractivity contribution in [2.24, 2.45) is 0 Å². The number of carbonyl (C=O) groups excluding carboxylic acids is 2. The van der Waals surface area contributed by atoms with Crippen molar-refractivity contribution in [2.75, 3.05) is 12.0 Å². The summed E-state index contributed by atoms with van der Waals surface area (Å²) in [6.07, 6.45) is 2.23. The van der Waals surface area contributed by atoms with Gasteiger partial charge in [-0.05, 0) is 35.6 Å². The fourth-order valence-corrected chi connectivity index (χ4v) is 5.88. The van der Waals surface area contributed by atoms with Gasteiger partial charge < -0.3 is 16.2 Å². The van der Waals surface area contributed by atoms with E-state index in [0.29, 0.717) is 5.56 Å². The first kappa shape index (κ1) is 26.7. The number of nitrogens with one attached hydrogen (secondary N) is 2. The smallest absolute Gasteiger partial charge is 0.326 e. The van der Waals surface area contributed by atoms with Crippen molar-refractivity contribution in [2.45, 2.75) is 17.0 Å². The zero-order chi connectivity index (χ0) is 26.3. The number of hydrogen-bond donors (Lipinski definition) is 4. The number of aliphatic carboxylic acids is 1. The van der Waals surface area contributed by atoms with E-state index < -0.39 is 44.9 Å². The molecule has 2 amide bonds. The highest BCUT2D eigenvalue weighted by molar-refractivity contribution is 8.12. The fourth-order valence-electron chi connectivity index (χ4n) is 3.40. The molecule has 0 saturated carbocycles. The van der Waals surface area contributed by atoms with Gasteiger partial charge in [-0.25, -0.2) is 22.9 Å². The minimum atomic E-state index is -4.36. The van der Waals surface area contributed by atoms with Gasteiger partial charge in [0.1, 0.15) is 10.6 Å². The molecule has 2 unspecified atom stereocenters.